The Bertz CT molecular complexity index is 573. The summed E-state index contributed by atoms with van der Waals surface area (Å²) in [6.07, 6.45) is 3.38. The maximum Gasteiger partial charge on any atom is 0.146 e. The van der Waals surface area contributed by atoms with Crippen LogP contribution in [0, 0.1) is 18.3 Å². The van der Waals surface area contributed by atoms with Crippen LogP contribution in [0.3, 0.4) is 0 Å². The van der Waals surface area contributed by atoms with E-state index in [0.717, 1.165) is 16.8 Å². The molecule has 0 saturated heterocycles. The van der Waals surface area contributed by atoms with Crippen LogP contribution in [-0.4, -0.2) is 9.97 Å². The molecule has 0 fully saturated rings. The van der Waals surface area contributed by atoms with Crippen LogP contribution >= 0.6 is 11.6 Å². The van der Waals surface area contributed by atoms with Crippen LogP contribution in [0.25, 0.3) is 11.1 Å². The molecule has 0 bridgehead atoms. The van der Waals surface area contributed by atoms with Gasteiger partial charge in [0.25, 0.3) is 0 Å². The second kappa shape index (κ2) is 4.30. The van der Waals surface area contributed by atoms with Crippen molar-refractivity contribution in [3.63, 3.8) is 0 Å². The zero-order valence-electron chi connectivity index (χ0n) is 8.61. The molecular formula is C12H8ClN3. The largest absolute Gasteiger partial charge is 0.261 e. The molecule has 16 heavy (non-hydrogen) atoms. The number of aromatic nitrogens is 2. The molecule has 0 aliphatic rings. The highest BCUT2D eigenvalue weighted by Gasteiger charge is 2.06. The average molecular weight is 230 g/mol. The third-order valence-corrected chi connectivity index (χ3v) is 2.58. The van der Waals surface area contributed by atoms with Crippen molar-refractivity contribution in [2.75, 3.05) is 0 Å². The Morgan fingerprint density at radius 3 is 2.88 bits per heavy atom. The summed E-state index contributed by atoms with van der Waals surface area (Å²) in [7, 11) is 0. The van der Waals surface area contributed by atoms with E-state index in [4.69, 9.17) is 16.9 Å². The highest BCUT2D eigenvalue weighted by Crippen LogP contribution is 2.24. The van der Waals surface area contributed by atoms with Crippen LogP contribution in [0.1, 0.15) is 11.3 Å². The van der Waals surface area contributed by atoms with Crippen LogP contribution in [0.15, 0.2) is 30.6 Å². The summed E-state index contributed by atoms with van der Waals surface area (Å²) in [6, 6.07) is 7.52. The van der Waals surface area contributed by atoms with Gasteiger partial charge < -0.3 is 0 Å². The minimum atomic E-state index is 0.229. The van der Waals surface area contributed by atoms with Crippen molar-refractivity contribution >= 4 is 11.6 Å². The number of halogens is 1. The summed E-state index contributed by atoms with van der Waals surface area (Å²) in [5, 5.41) is 9.10. The third kappa shape index (κ3) is 1.88. The Labute approximate surface area is 98.4 Å². The molecule has 0 radical (unpaired) electrons. The summed E-state index contributed by atoms with van der Waals surface area (Å²) in [5.74, 6) is 0. The van der Waals surface area contributed by atoms with Crippen LogP contribution in [0.5, 0.6) is 0 Å². The molecule has 0 amide bonds. The maximum absolute atomic E-state index is 8.87. The van der Waals surface area contributed by atoms with E-state index in [1.165, 1.54) is 0 Å². The molecule has 0 saturated carbocycles. The number of hydrogen-bond donors (Lipinski definition) is 0. The van der Waals surface area contributed by atoms with Crippen molar-refractivity contribution in [2.24, 2.45) is 0 Å². The number of aryl methyl sites for hydroxylation is 1. The molecule has 2 rings (SSSR count). The van der Waals surface area contributed by atoms with Gasteiger partial charge in [-0.05, 0) is 19.1 Å². The normalized spacial score (nSPS) is 9.81. The first kappa shape index (κ1) is 10.6. The smallest absolute Gasteiger partial charge is 0.146 e. The first-order valence-corrected chi connectivity index (χ1v) is 5.08. The molecule has 0 unspecified atom stereocenters. The SMILES string of the molecule is Cc1ncccc1-c1cnc(Cl)c(C#N)c1. The molecule has 0 spiro atoms. The van der Waals surface area contributed by atoms with Gasteiger partial charge in [0, 0.05) is 29.2 Å². The standard InChI is InChI=1S/C12H8ClN3/c1-8-11(3-2-4-15-8)10-5-9(6-14)12(13)16-7-10/h2-5,7H,1H3. The van der Waals surface area contributed by atoms with Crippen LogP contribution < -0.4 is 0 Å². The van der Waals surface area contributed by atoms with Gasteiger partial charge in [0.15, 0.2) is 0 Å². The Kier molecular flexibility index (Phi) is 2.84. The van der Waals surface area contributed by atoms with Crippen LogP contribution in [0.4, 0.5) is 0 Å². The van der Waals surface area contributed by atoms with E-state index in [-0.39, 0.29) is 5.15 Å². The van der Waals surface area contributed by atoms with E-state index >= 15 is 0 Å². The van der Waals surface area contributed by atoms with E-state index in [0.29, 0.717) is 5.56 Å². The molecule has 2 aromatic rings. The monoisotopic (exact) mass is 229 g/mol. The van der Waals surface area contributed by atoms with E-state index in [2.05, 4.69) is 9.97 Å². The number of hydrogen-bond acceptors (Lipinski definition) is 3. The fourth-order valence-corrected chi connectivity index (χ4v) is 1.61. The molecule has 0 aliphatic heterocycles. The van der Waals surface area contributed by atoms with Gasteiger partial charge in [0.05, 0.1) is 5.56 Å². The van der Waals surface area contributed by atoms with Crippen molar-refractivity contribution in [3.8, 4) is 17.2 Å². The number of rotatable bonds is 1. The van der Waals surface area contributed by atoms with Gasteiger partial charge in [-0.2, -0.15) is 5.26 Å². The Balaban J connectivity index is 2.59. The first-order chi connectivity index (χ1) is 7.72. The van der Waals surface area contributed by atoms with Crippen molar-refractivity contribution in [1.29, 1.82) is 5.26 Å². The average Bonchev–Trinajstić information content (AvgIpc) is 2.31. The highest BCUT2D eigenvalue weighted by atomic mass is 35.5. The molecule has 0 aliphatic carbocycles. The molecule has 78 valence electrons. The van der Waals surface area contributed by atoms with Crippen LogP contribution in [-0.2, 0) is 0 Å². The van der Waals surface area contributed by atoms with Crippen LogP contribution in [0.2, 0.25) is 5.15 Å². The van der Waals surface area contributed by atoms with Gasteiger partial charge in [-0.15, -0.1) is 0 Å². The molecule has 0 N–H and O–H groups in total. The number of nitriles is 1. The third-order valence-electron chi connectivity index (χ3n) is 2.28. The van der Waals surface area contributed by atoms with Gasteiger partial charge >= 0.3 is 0 Å². The lowest BCUT2D eigenvalue weighted by Crippen LogP contribution is -1.90. The van der Waals surface area contributed by atoms with Gasteiger partial charge in [0.2, 0.25) is 0 Å². The molecule has 2 aromatic heterocycles. The minimum absolute atomic E-state index is 0.229. The zero-order valence-corrected chi connectivity index (χ0v) is 9.36. The van der Waals surface area contributed by atoms with Crippen molar-refractivity contribution < 1.29 is 0 Å². The predicted molar refractivity (Wildman–Crippen MR) is 61.9 cm³/mol. The lowest BCUT2D eigenvalue weighted by molar-refractivity contribution is 1.20. The first-order valence-electron chi connectivity index (χ1n) is 4.70. The van der Waals surface area contributed by atoms with E-state index in [1.807, 2.05) is 25.1 Å². The van der Waals surface area contributed by atoms with Crippen molar-refractivity contribution in [3.05, 3.63) is 47.0 Å². The fourth-order valence-electron chi connectivity index (χ4n) is 1.46. The quantitative estimate of drug-likeness (QED) is 0.707. The van der Waals surface area contributed by atoms with Gasteiger partial charge in [-0.25, -0.2) is 4.98 Å². The lowest BCUT2D eigenvalue weighted by atomic mass is 10.1. The molecule has 0 aromatic carbocycles. The molecule has 3 nitrogen and oxygen atoms in total. The maximum atomic E-state index is 8.87. The Hall–Kier alpha value is -1.92. The summed E-state index contributed by atoms with van der Waals surface area (Å²) < 4.78 is 0. The lowest BCUT2D eigenvalue weighted by Gasteiger charge is -2.04. The number of pyridine rings is 2. The predicted octanol–water partition coefficient (Wildman–Crippen LogP) is 2.98. The second-order valence-electron chi connectivity index (χ2n) is 3.31. The topological polar surface area (TPSA) is 49.6 Å². The fraction of sp³-hybridized carbons (Fsp3) is 0.0833. The second-order valence-corrected chi connectivity index (χ2v) is 3.67. The van der Waals surface area contributed by atoms with Gasteiger partial charge in [-0.3, -0.25) is 4.98 Å². The van der Waals surface area contributed by atoms with E-state index in [1.54, 1.807) is 18.5 Å². The summed E-state index contributed by atoms with van der Waals surface area (Å²) in [5.41, 5.74) is 3.09. The minimum Gasteiger partial charge on any atom is -0.261 e. The van der Waals surface area contributed by atoms with E-state index < -0.39 is 0 Å². The molecule has 2 heterocycles. The molecule has 0 atom stereocenters. The summed E-state index contributed by atoms with van der Waals surface area (Å²) in [4.78, 5) is 8.17. The summed E-state index contributed by atoms with van der Waals surface area (Å²) >= 11 is 5.77. The van der Waals surface area contributed by atoms with Gasteiger partial charge in [0.1, 0.15) is 11.2 Å². The van der Waals surface area contributed by atoms with E-state index in [9.17, 15) is 0 Å². The van der Waals surface area contributed by atoms with Crippen molar-refractivity contribution in [1.82, 2.24) is 9.97 Å². The Morgan fingerprint density at radius 1 is 1.38 bits per heavy atom. The zero-order chi connectivity index (χ0) is 11.5. The van der Waals surface area contributed by atoms with Crippen molar-refractivity contribution in [2.45, 2.75) is 6.92 Å². The molecule has 4 heteroatoms. The highest BCUT2D eigenvalue weighted by molar-refractivity contribution is 6.30. The Morgan fingerprint density at radius 2 is 2.19 bits per heavy atom. The summed E-state index contributed by atoms with van der Waals surface area (Å²) in [6.45, 7) is 1.91. The number of nitrogens with zero attached hydrogens (tertiary/aromatic N) is 3. The molecular weight excluding hydrogens is 222 g/mol. The van der Waals surface area contributed by atoms with Gasteiger partial charge in [-0.1, -0.05) is 17.7 Å².